The number of rotatable bonds is 9. The molecule has 0 aromatic carbocycles. The first-order valence-corrected chi connectivity index (χ1v) is 6.81. The molecule has 0 aliphatic carbocycles. The van der Waals surface area contributed by atoms with Crippen molar-refractivity contribution in [2.24, 2.45) is 0 Å². The molecule has 0 bridgehead atoms. The molecule has 0 unspecified atom stereocenters. The van der Waals surface area contributed by atoms with Crippen LogP contribution in [0.2, 0.25) is 0 Å². The molecular weight excluding hydrogens is 252 g/mol. The molecule has 0 rings (SSSR count). The van der Waals surface area contributed by atoms with Crippen LogP contribution in [0.4, 0.5) is 0 Å². The Kier molecular flexibility index (Phi) is 11.4. The number of hydrogen-bond acceptors (Lipinski definition) is 1. The zero-order chi connectivity index (χ0) is 11.4. The van der Waals surface area contributed by atoms with Gasteiger partial charge in [-0.05, 0) is 19.3 Å². The summed E-state index contributed by atoms with van der Waals surface area (Å²) in [6.45, 7) is 2.22. The van der Waals surface area contributed by atoms with Gasteiger partial charge in [-0.2, -0.15) is 0 Å². The number of unbranched alkanes of at least 4 members (excludes halogenated alkanes) is 3. The molecule has 86 valence electrons. The van der Waals surface area contributed by atoms with E-state index in [9.17, 15) is 4.79 Å². The van der Waals surface area contributed by atoms with E-state index in [1.807, 2.05) is 6.08 Å². The maximum absolute atomic E-state index is 10.9. The number of carbonyl (C=O) groups excluding carboxylic acids is 1. The van der Waals surface area contributed by atoms with E-state index in [0.29, 0.717) is 11.8 Å². The smallest absolute Gasteiger partial charge is 0.147 e. The average Bonchev–Trinajstić information content (AvgIpc) is 2.26. The molecule has 0 aromatic rings. The molecule has 0 spiro atoms. The van der Waals surface area contributed by atoms with Crippen LogP contribution in [0.1, 0.15) is 45.4 Å². The summed E-state index contributed by atoms with van der Waals surface area (Å²) in [7, 11) is 0. The van der Waals surface area contributed by atoms with Crippen molar-refractivity contribution < 1.29 is 4.79 Å². The molecule has 0 fully saturated rings. The summed E-state index contributed by atoms with van der Waals surface area (Å²) in [5, 5.41) is 0.462. The van der Waals surface area contributed by atoms with Gasteiger partial charge in [0.05, 0.1) is 5.33 Å². The van der Waals surface area contributed by atoms with E-state index < -0.39 is 0 Å². The van der Waals surface area contributed by atoms with Crippen LogP contribution in [0.15, 0.2) is 24.3 Å². The highest BCUT2D eigenvalue weighted by Gasteiger charge is 1.92. The van der Waals surface area contributed by atoms with Crippen LogP contribution in [0, 0.1) is 0 Å². The Labute approximate surface area is 102 Å². The van der Waals surface area contributed by atoms with Gasteiger partial charge in [0.25, 0.3) is 0 Å². The first-order valence-electron chi connectivity index (χ1n) is 5.69. The second-order valence-electron chi connectivity index (χ2n) is 3.55. The Bertz CT molecular complexity index is 207. The largest absolute Gasteiger partial charge is 0.298 e. The SMILES string of the molecule is CCCCC/C=C\C/C=C\CC(=O)CBr. The Morgan fingerprint density at radius 3 is 2.53 bits per heavy atom. The normalized spacial score (nSPS) is 11.6. The van der Waals surface area contributed by atoms with E-state index in [0.717, 1.165) is 6.42 Å². The van der Waals surface area contributed by atoms with E-state index in [2.05, 4.69) is 41.1 Å². The summed E-state index contributed by atoms with van der Waals surface area (Å²) in [4.78, 5) is 10.9. The van der Waals surface area contributed by atoms with E-state index in [1.54, 1.807) is 0 Å². The number of halogens is 1. The molecule has 0 aliphatic heterocycles. The minimum Gasteiger partial charge on any atom is -0.298 e. The fraction of sp³-hybridized carbons (Fsp3) is 0.615. The quantitative estimate of drug-likeness (QED) is 0.345. The highest BCUT2D eigenvalue weighted by atomic mass is 79.9. The number of allylic oxidation sites excluding steroid dienone is 4. The predicted molar refractivity (Wildman–Crippen MR) is 70.5 cm³/mol. The lowest BCUT2D eigenvalue weighted by atomic mass is 10.2. The van der Waals surface area contributed by atoms with Crippen LogP contribution in [-0.4, -0.2) is 11.1 Å². The Balaban J connectivity index is 3.32. The monoisotopic (exact) mass is 272 g/mol. The van der Waals surface area contributed by atoms with Crippen molar-refractivity contribution in [3.05, 3.63) is 24.3 Å². The molecule has 2 heteroatoms. The molecule has 0 radical (unpaired) electrons. The van der Waals surface area contributed by atoms with Crippen molar-refractivity contribution in [1.29, 1.82) is 0 Å². The highest BCUT2D eigenvalue weighted by molar-refractivity contribution is 9.09. The third-order valence-corrected chi connectivity index (χ3v) is 2.70. The fourth-order valence-corrected chi connectivity index (χ4v) is 1.40. The number of carbonyl (C=O) groups is 1. The van der Waals surface area contributed by atoms with Gasteiger partial charge in [-0.25, -0.2) is 0 Å². The number of alkyl halides is 1. The molecule has 0 saturated heterocycles. The molecule has 15 heavy (non-hydrogen) atoms. The van der Waals surface area contributed by atoms with Crippen LogP contribution in [0.25, 0.3) is 0 Å². The van der Waals surface area contributed by atoms with Crippen molar-refractivity contribution in [1.82, 2.24) is 0 Å². The highest BCUT2D eigenvalue weighted by Crippen LogP contribution is 2.00. The van der Waals surface area contributed by atoms with Gasteiger partial charge in [-0.15, -0.1) is 0 Å². The first kappa shape index (κ1) is 14.6. The van der Waals surface area contributed by atoms with E-state index in [-0.39, 0.29) is 5.78 Å². The summed E-state index contributed by atoms with van der Waals surface area (Å²) < 4.78 is 0. The second-order valence-corrected chi connectivity index (χ2v) is 4.11. The average molecular weight is 273 g/mol. The maximum atomic E-state index is 10.9. The molecule has 0 aromatic heterocycles. The van der Waals surface area contributed by atoms with Crippen molar-refractivity contribution in [3.63, 3.8) is 0 Å². The molecule has 0 amide bonds. The third-order valence-electron chi connectivity index (χ3n) is 2.07. The molecule has 0 heterocycles. The first-order chi connectivity index (χ1) is 7.31. The summed E-state index contributed by atoms with van der Waals surface area (Å²) in [6.07, 6.45) is 15.0. The van der Waals surface area contributed by atoms with Gasteiger partial charge in [-0.1, -0.05) is 60.0 Å². The third kappa shape index (κ3) is 11.6. The molecule has 0 N–H and O–H groups in total. The van der Waals surface area contributed by atoms with E-state index >= 15 is 0 Å². The molecular formula is C13H21BrO. The Hall–Kier alpha value is -0.370. The summed E-state index contributed by atoms with van der Waals surface area (Å²) in [6, 6.07) is 0. The lowest BCUT2D eigenvalue weighted by Gasteiger charge is -1.91. The van der Waals surface area contributed by atoms with Crippen LogP contribution in [-0.2, 0) is 4.79 Å². The van der Waals surface area contributed by atoms with Crippen molar-refractivity contribution in [2.75, 3.05) is 5.33 Å². The standard InChI is InChI=1S/C13H21BrO/c1-2-3-4-5-6-7-8-9-10-11-13(15)12-14/h6-7,9-10H,2-5,8,11-12H2,1H3/b7-6-,10-9-. The van der Waals surface area contributed by atoms with Crippen molar-refractivity contribution >= 4 is 21.7 Å². The molecule has 0 saturated carbocycles. The molecule has 1 nitrogen and oxygen atoms in total. The molecule has 0 atom stereocenters. The van der Waals surface area contributed by atoms with Gasteiger partial charge in [0, 0.05) is 6.42 Å². The van der Waals surface area contributed by atoms with Crippen molar-refractivity contribution in [2.45, 2.75) is 45.4 Å². The second kappa shape index (κ2) is 11.7. The van der Waals surface area contributed by atoms with E-state index in [4.69, 9.17) is 0 Å². The minimum absolute atomic E-state index is 0.234. The number of Topliss-reactive ketones (excluding diaryl/α,β-unsaturated/α-hetero) is 1. The van der Waals surface area contributed by atoms with Crippen LogP contribution in [0.5, 0.6) is 0 Å². The number of hydrogen-bond donors (Lipinski definition) is 0. The topological polar surface area (TPSA) is 17.1 Å². The van der Waals surface area contributed by atoms with Crippen LogP contribution in [0.3, 0.4) is 0 Å². The van der Waals surface area contributed by atoms with Gasteiger partial charge in [0.15, 0.2) is 0 Å². The molecule has 0 aliphatic rings. The lowest BCUT2D eigenvalue weighted by Crippen LogP contribution is -1.94. The summed E-state index contributed by atoms with van der Waals surface area (Å²) in [5.41, 5.74) is 0. The zero-order valence-corrected chi connectivity index (χ0v) is 11.1. The van der Waals surface area contributed by atoms with E-state index in [1.165, 1.54) is 25.7 Å². The Morgan fingerprint density at radius 1 is 1.13 bits per heavy atom. The summed E-state index contributed by atoms with van der Waals surface area (Å²) in [5.74, 6) is 0.234. The Morgan fingerprint density at radius 2 is 1.87 bits per heavy atom. The lowest BCUT2D eigenvalue weighted by molar-refractivity contribution is -0.115. The van der Waals surface area contributed by atoms with Gasteiger partial charge in [0.2, 0.25) is 0 Å². The summed E-state index contributed by atoms with van der Waals surface area (Å²) >= 11 is 3.14. The van der Waals surface area contributed by atoms with Crippen molar-refractivity contribution in [3.8, 4) is 0 Å². The van der Waals surface area contributed by atoms with Gasteiger partial charge < -0.3 is 0 Å². The predicted octanol–water partition coefficient (Wildman–Crippen LogP) is 4.42. The fourth-order valence-electron chi connectivity index (χ4n) is 1.17. The van der Waals surface area contributed by atoms with Crippen LogP contribution < -0.4 is 0 Å². The van der Waals surface area contributed by atoms with Gasteiger partial charge >= 0.3 is 0 Å². The van der Waals surface area contributed by atoms with Crippen LogP contribution >= 0.6 is 15.9 Å². The maximum Gasteiger partial charge on any atom is 0.147 e. The zero-order valence-electron chi connectivity index (χ0n) is 9.55. The number of ketones is 1. The minimum atomic E-state index is 0.234. The van der Waals surface area contributed by atoms with Gasteiger partial charge in [-0.3, -0.25) is 4.79 Å². The van der Waals surface area contributed by atoms with Gasteiger partial charge in [0.1, 0.15) is 5.78 Å².